The number of H-pyrrole nitrogens is 1. The van der Waals surface area contributed by atoms with Crippen molar-refractivity contribution in [2.75, 3.05) is 13.9 Å². The molecule has 3 rings (SSSR count). The van der Waals surface area contributed by atoms with Crippen LogP contribution in [0, 0.1) is 6.92 Å². The number of fused-ring (bicyclic) bond motifs is 1. The van der Waals surface area contributed by atoms with Crippen LogP contribution >= 0.6 is 0 Å². The average Bonchev–Trinajstić information content (AvgIpc) is 3.02. The van der Waals surface area contributed by atoms with Crippen LogP contribution in [0.25, 0.3) is 11.3 Å². The number of aromatic nitrogens is 1. The first-order chi connectivity index (χ1) is 9.61. The van der Waals surface area contributed by atoms with E-state index in [1.165, 1.54) is 7.11 Å². The number of carbonyl (C=O) groups is 1. The van der Waals surface area contributed by atoms with Gasteiger partial charge in [0.15, 0.2) is 17.2 Å². The molecular formula is C14H13NO5. The molecule has 0 fully saturated rings. The maximum absolute atomic E-state index is 11.6. The molecule has 0 saturated carbocycles. The monoisotopic (exact) mass is 275 g/mol. The zero-order valence-corrected chi connectivity index (χ0v) is 11.0. The van der Waals surface area contributed by atoms with Crippen LogP contribution in [0.15, 0.2) is 18.2 Å². The molecule has 20 heavy (non-hydrogen) atoms. The summed E-state index contributed by atoms with van der Waals surface area (Å²) in [5.41, 5.74) is 1.83. The zero-order chi connectivity index (χ0) is 14.3. The highest BCUT2D eigenvalue weighted by Crippen LogP contribution is 2.40. The predicted octanol–water partition coefficient (Wildman–Crippen LogP) is 2.21. The summed E-state index contributed by atoms with van der Waals surface area (Å²) in [5, 5.41) is 10.2. The van der Waals surface area contributed by atoms with Gasteiger partial charge in [0.05, 0.1) is 12.8 Å². The molecule has 0 spiro atoms. The van der Waals surface area contributed by atoms with Gasteiger partial charge < -0.3 is 24.3 Å². The van der Waals surface area contributed by atoms with Gasteiger partial charge in [-0.15, -0.1) is 0 Å². The lowest BCUT2D eigenvalue weighted by molar-refractivity contribution is 0.0597. The van der Waals surface area contributed by atoms with Crippen LogP contribution in [0.3, 0.4) is 0 Å². The number of rotatable bonds is 2. The largest absolute Gasteiger partial charge is 0.505 e. The van der Waals surface area contributed by atoms with E-state index < -0.39 is 5.97 Å². The molecule has 2 aromatic rings. The summed E-state index contributed by atoms with van der Waals surface area (Å²) in [7, 11) is 1.27. The van der Waals surface area contributed by atoms with Gasteiger partial charge in [0, 0.05) is 11.3 Å². The number of benzene rings is 1. The number of carbonyl (C=O) groups excluding carboxylic acids is 1. The third-order valence-corrected chi connectivity index (χ3v) is 3.21. The van der Waals surface area contributed by atoms with Gasteiger partial charge in [-0.25, -0.2) is 4.79 Å². The van der Waals surface area contributed by atoms with Gasteiger partial charge >= 0.3 is 5.97 Å². The number of ether oxygens (including phenoxy) is 3. The zero-order valence-electron chi connectivity index (χ0n) is 11.0. The van der Waals surface area contributed by atoms with Crippen LogP contribution in [-0.4, -0.2) is 30.0 Å². The minimum Gasteiger partial charge on any atom is -0.505 e. The Labute approximate surface area is 114 Å². The van der Waals surface area contributed by atoms with E-state index in [0.29, 0.717) is 28.5 Å². The number of aromatic amines is 1. The van der Waals surface area contributed by atoms with Crippen LogP contribution in [0.2, 0.25) is 0 Å². The van der Waals surface area contributed by atoms with Crippen LogP contribution in [-0.2, 0) is 4.74 Å². The van der Waals surface area contributed by atoms with Crippen LogP contribution in [0.1, 0.15) is 16.1 Å². The summed E-state index contributed by atoms with van der Waals surface area (Å²) in [4.78, 5) is 14.6. The summed E-state index contributed by atoms with van der Waals surface area (Å²) in [6.45, 7) is 1.88. The third-order valence-electron chi connectivity index (χ3n) is 3.21. The van der Waals surface area contributed by atoms with Gasteiger partial charge in [-0.3, -0.25) is 0 Å². The predicted molar refractivity (Wildman–Crippen MR) is 70.1 cm³/mol. The number of hydrogen-bond acceptors (Lipinski definition) is 5. The Morgan fingerprint density at radius 3 is 2.85 bits per heavy atom. The number of methoxy groups -OCH3 is 1. The van der Waals surface area contributed by atoms with E-state index in [1.54, 1.807) is 25.1 Å². The molecule has 0 atom stereocenters. The first-order valence-corrected chi connectivity index (χ1v) is 6.01. The van der Waals surface area contributed by atoms with E-state index in [2.05, 4.69) is 9.72 Å². The van der Waals surface area contributed by atoms with E-state index in [0.717, 1.165) is 0 Å². The highest BCUT2D eigenvalue weighted by atomic mass is 16.7. The molecule has 1 aromatic carbocycles. The Morgan fingerprint density at radius 1 is 1.35 bits per heavy atom. The first-order valence-electron chi connectivity index (χ1n) is 6.01. The van der Waals surface area contributed by atoms with E-state index in [1.807, 2.05) is 0 Å². The van der Waals surface area contributed by atoms with Gasteiger partial charge in [-0.2, -0.15) is 0 Å². The van der Waals surface area contributed by atoms with Crippen molar-refractivity contribution < 1.29 is 24.1 Å². The molecule has 2 N–H and O–H groups in total. The van der Waals surface area contributed by atoms with E-state index in [-0.39, 0.29) is 18.1 Å². The fourth-order valence-electron chi connectivity index (χ4n) is 2.22. The van der Waals surface area contributed by atoms with Gasteiger partial charge in [-0.05, 0) is 25.1 Å². The van der Waals surface area contributed by atoms with Crippen molar-refractivity contribution in [3.8, 4) is 28.5 Å². The van der Waals surface area contributed by atoms with Gasteiger partial charge in [0.2, 0.25) is 6.79 Å². The molecule has 6 nitrogen and oxygen atoms in total. The molecule has 1 aliphatic rings. The highest BCUT2D eigenvalue weighted by molar-refractivity contribution is 5.96. The number of aryl methyl sites for hydroxylation is 1. The Bertz CT molecular complexity index is 689. The summed E-state index contributed by atoms with van der Waals surface area (Å²) in [6.07, 6.45) is 0. The molecule has 0 amide bonds. The lowest BCUT2D eigenvalue weighted by atomic mass is 10.1. The minimum absolute atomic E-state index is 0.131. The van der Waals surface area contributed by atoms with Gasteiger partial charge in [0.1, 0.15) is 5.56 Å². The Balaban J connectivity index is 2.09. The molecule has 1 aromatic heterocycles. The average molecular weight is 275 g/mol. The number of nitrogens with one attached hydrogen (secondary N) is 1. The molecule has 6 heteroatoms. The molecule has 0 unspecified atom stereocenters. The molecule has 0 saturated heterocycles. The topological polar surface area (TPSA) is 80.8 Å². The van der Waals surface area contributed by atoms with Gasteiger partial charge in [0.25, 0.3) is 0 Å². The van der Waals surface area contributed by atoms with Crippen LogP contribution < -0.4 is 9.47 Å². The highest BCUT2D eigenvalue weighted by Gasteiger charge is 2.23. The van der Waals surface area contributed by atoms with Crippen molar-refractivity contribution in [2.45, 2.75) is 6.92 Å². The minimum atomic E-state index is -0.580. The molecule has 0 bridgehead atoms. The molecule has 104 valence electrons. The van der Waals surface area contributed by atoms with Crippen molar-refractivity contribution in [3.05, 3.63) is 29.5 Å². The molecule has 1 aliphatic heterocycles. The second-order valence-corrected chi connectivity index (χ2v) is 4.41. The molecule has 0 aliphatic carbocycles. The summed E-state index contributed by atoms with van der Waals surface area (Å²) < 4.78 is 15.2. The first kappa shape index (κ1) is 12.4. The summed E-state index contributed by atoms with van der Waals surface area (Å²) in [6, 6.07) is 5.28. The summed E-state index contributed by atoms with van der Waals surface area (Å²) in [5.74, 6) is 0.551. The lowest BCUT2D eigenvalue weighted by Crippen LogP contribution is -2.01. The summed E-state index contributed by atoms with van der Waals surface area (Å²) >= 11 is 0. The smallest absolute Gasteiger partial charge is 0.343 e. The number of esters is 1. The molecule has 0 radical (unpaired) electrons. The van der Waals surface area contributed by atoms with Crippen LogP contribution in [0.4, 0.5) is 0 Å². The van der Waals surface area contributed by atoms with Gasteiger partial charge in [-0.1, -0.05) is 0 Å². The second-order valence-electron chi connectivity index (χ2n) is 4.41. The maximum Gasteiger partial charge on any atom is 0.343 e. The fraction of sp³-hybridized carbons (Fsp3) is 0.214. The van der Waals surface area contributed by atoms with Crippen molar-refractivity contribution in [2.24, 2.45) is 0 Å². The van der Waals surface area contributed by atoms with Crippen molar-refractivity contribution >= 4 is 5.97 Å². The SMILES string of the molecule is COC(=O)c1c(C)[nH]c(-c2ccc3c(c2)OCO3)c1O. The van der Waals surface area contributed by atoms with Crippen LogP contribution in [0.5, 0.6) is 17.2 Å². The normalized spacial score (nSPS) is 12.5. The quantitative estimate of drug-likeness (QED) is 0.821. The fourth-order valence-corrected chi connectivity index (χ4v) is 2.22. The van der Waals surface area contributed by atoms with Crippen molar-refractivity contribution in [3.63, 3.8) is 0 Å². The lowest BCUT2D eigenvalue weighted by Gasteiger charge is -2.02. The van der Waals surface area contributed by atoms with E-state index in [9.17, 15) is 9.90 Å². The van der Waals surface area contributed by atoms with Crippen molar-refractivity contribution in [1.82, 2.24) is 4.98 Å². The Hall–Kier alpha value is -2.63. The maximum atomic E-state index is 11.6. The number of aromatic hydroxyl groups is 1. The van der Waals surface area contributed by atoms with E-state index >= 15 is 0 Å². The Kier molecular flexibility index (Phi) is 2.78. The third kappa shape index (κ3) is 1.77. The van der Waals surface area contributed by atoms with E-state index in [4.69, 9.17) is 9.47 Å². The van der Waals surface area contributed by atoms with Crippen molar-refractivity contribution in [1.29, 1.82) is 0 Å². The Morgan fingerprint density at radius 2 is 2.10 bits per heavy atom. The number of hydrogen-bond donors (Lipinski definition) is 2. The molecular weight excluding hydrogens is 262 g/mol. The second kappa shape index (κ2) is 4.48. The standard InChI is InChI=1S/C14H13NO5/c1-7-11(14(17)18-2)13(16)12(15-7)8-3-4-9-10(5-8)20-6-19-9/h3-5,15-16H,6H2,1-2H3. The molecule has 2 heterocycles.